The van der Waals surface area contributed by atoms with Crippen LogP contribution in [0, 0.1) is 0 Å². The second kappa shape index (κ2) is 12.2. The molecule has 5 heterocycles. The van der Waals surface area contributed by atoms with Gasteiger partial charge in [0, 0.05) is 12.4 Å². The highest BCUT2D eigenvalue weighted by molar-refractivity contribution is 5.86. The summed E-state index contributed by atoms with van der Waals surface area (Å²) in [5, 5.41) is 0. The topological polar surface area (TPSA) is 56.1 Å². The first-order valence-electron chi connectivity index (χ1n) is 12.2. The number of pyridine rings is 1. The Balaban J connectivity index is 1.32. The number of aliphatic imine (C=N–C) groups is 2. The maximum absolute atomic E-state index is 5.91. The molecule has 8 rings (SSSR count). The van der Waals surface area contributed by atoms with Crippen LogP contribution in [0.1, 0.15) is 44.8 Å². The molecule has 0 aliphatic carbocycles. The maximum atomic E-state index is 5.91. The van der Waals surface area contributed by atoms with Gasteiger partial charge in [0.1, 0.15) is 0 Å². The number of aromatic nitrogens is 1. The van der Waals surface area contributed by atoms with Crippen LogP contribution in [0.2, 0.25) is 0 Å². The molecule has 0 amide bonds. The Morgan fingerprint density at radius 3 is 1.42 bits per heavy atom. The van der Waals surface area contributed by atoms with Gasteiger partial charge in [-0.05, 0) is 51.6 Å². The van der Waals surface area contributed by atoms with Gasteiger partial charge >= 0.3 is 0 Å². The lowest BCUT2D eigenvalue weighted by Gasteiger charge is -2.08. The average molecular weight is 476 g/mol. The minimum Gasteiger partial charge on any atom is -0.370 e. The number of nitrogens with zero attached hydrogens (tertiary/aromatic N) is 3. The lowest BCUT2D eigenvalue weighted by Crippen LogP contribution is -2.01. The van der Waals surface area contributed by atoms with Crippen molar-refractivity contribution < 1.29 is 9.47 Å². The number of ether oxygens (including phenoxy) is 2. The fraction of sp³-hybridized carbons (Fsp3) is 0.194. The second-order valence-corrected chi connectivity index (χ2v) is 8.85. The second-order valence-electron chi connectivity index (χ2n) is 8.85. The van der Waals surface area contributed by atoms with Crippen molar-refractivity contribution in [2.45, 2.75) is 39.5 Å². The van der Waals surface area contributed by atoms with Crippen LogP contribution in [0.5, 0.6) is 0 Å². The van der Waals surface area contributed by atoms with Gasteiger partial charge in [0.2, 0.25) is 0 Å². The summed E-state index contributed by atoms with van der Waals surface area (Å²) < 4.78 is 11.8. The van der Waals surface area contributed by atoms with Crippen LogP contribution in [-0.4, -0.2) is 17.4 Å². The molecule has 0 spiro atoms. The zero-order valence-electron chi connectivity index (χ0n) is 20.2. The molecule has 3 aromatic carbocycles. The molecular weight excluding hydrogens is 446 g/mol. The largest absolute Gasteiger partial charge is 0.370 e. The summed E-state index contributed by atoms with van der Waals surface area (Å²) in [7, 11) is 0. The van der Waals surface area contributed by atoms with Gasteiger partial charge < -0.3 is 9.47 Å². The van der Waals surface area contributed by atoms with Crippen LogP contribution in [0.4, 0.5) is 0 Å². The molecule has 36 heavy (non-hydrogen) atoms. The van der Waals surface area contributed by atoms with Gasteiger partial charge in [0.25, 0.3) is 0 Å². The van der Waals surface area contributed by atoms with Crippen molar-refractivity contribution in [1.29, 1.82) is 0 Å². The Hall–Kier alpha value is -3.93. The quantitative estimate of drug-likeness (QED) is 0.310. The van der Waals surface area contributed by atoms with Gasteiger partial charge in [-0.3, -0.25) is 15.0 Å². The summed E-state index contributed by atoms with van der Waals surface area (Å²) in [6.45, 7) is 3.26. The van der Waals surface area contributed by atoms with Crippen molar-refractivity contribution in [2.75, 3.05) is 0 Å². The molecule has 0 fully saturated rings. The SMILES string of the molecule is C1=N/Cc2ccc(cc2)COCc2cccc(n2)COCc2ccc(cc2)C/N=C/c2cccc/1c2. The molecule has 4 aromatic rings. The first-order chi connectivity index (χ1) is 17.8. The van der Waals surface area contributed by atoms with Crippen LogP contribution in [0.3, 0.4) is 0 Å². The Kier molecular flexibility index (Phi) is 8.04. The minimum absolute atomic E-state index is 0.461. The third kappa shape index (κ3) is 7.04. The first kappa shape index (κ1) is 23.8. The van der Waals surface area contributed by atoms with Crippen LogP contribution in [-0.2, 0) is 49.0 Å². The highest BCUT2D eigenvalue weighted by Gasteiger charge is 2.02. The standard InChI is InChI=1S/C31H29N3O2/c1-3-28-15-29(4-1)19-33-17-25-9-13-27(14-10-25)21-36-23-31-6-2-5-30(34-31)22-35-20-26-11-7-24(8-12-26)16-32-18-28/h1-15,18-19H,16-17,20-23H2/b32-18+,33-19+. The van der Waals surface area contributed by atoms with Crippen LogP contribution in [0.25, 0.3) is 0 Å². The number of benzene rings is 3. The van der Waals surface area contributed by atoms with Crippen molar-refractivity contribution in [3.8, 4) is 0 Å². The van der Waals surface area contributed by atoms with Crippen LogP contribution >= 0.6 is 0 Å². The van der Waals surface area contributed by atoms with Crippen molar-refractivity contribution >= 4 is 12.4 Å². The Bertz CT molecular complexity index is 1230. The predicted octanol–water partition coefficient (Wildman–Crippen LogP) is 6.07. The zero-order chi connectivity index (χ0) is 24.4. The fourth-order valence-corrected chi connectivity index (χ4v) is 3.95. The summed E-state index contributed by atoms with van der Waals surface area (Å²) in [6, 6.07) is 31.0. The normalized spacial score (nSPS) is 16.4. The van der Waals surface area contributed by atoms with Crippen molar-refractivity contribution in [2.24, 2.45) is 9.98 Å². The van der Waals surface area contributed by atoms with E-state index in [1.165, 1.54) is 0 Å². The number of rotatable bonds is 0. The molecular formula is C31H29N3O2. The molecule has 180 valence electrons. The van der Waals surface area contributed by atoms with E-state index in [2.05, 4.69) is 81.7 Å². The Morgan fingerprint density at radius 2 is 0.917 bits per heavy atom. The summed E-state index contributed by atoms with van der Waals surface area (Å²) in [5.41, 5.74) is 8.50. The fourth-order valence-electron chi connectivity index (χ4n) is 3.95. The summed E-state index contributed by atoms with van der Waals surface area (Å²) in [5.74, 6) is 0. The molecule has 0 radical (unpaired) electrons. The molecule has 4 aliphatic rings. The number of hydrogen-bond donors (Lipinski definition) is 0. The molecule has 0 N–H and O–H groups in total. The van der Waals surface area contributed by atoms with E-state index in [9.17, 15) is 0 Å². The molecule has 0 saturated carbocycles. The van der Waals surface area contributed by atoms with Gasteiger partial charge in [-0.15, -0.1) is 0 Å². The minimum atomic E-state index is 0.461. The van der Waals surface area contributed by atoms with E-state index in [-0.39, 0.29) is 0 Å². The van der Waals surface area contributed by atoms with Crippen molar-refractivity contribution in [3.63, 3.8) is 0 Å². The van der Waals surface area contributed by atoms with Gasteiger partial charge in [-0.2, -0.15) is 0 Å². The lowest BCUT2D eigenvalue weighted by atomic mass is 10.1. The number of hydrogen-bond acceptors (Lipinski definition) is 5. The maximum Gasteiger partial charge on any atom is 0.0892 e. The van der Waals surface area contributed by atoms with Gasteiger partial charge in [0.05, 0.1) is 50.9 Å². The molecule has 0 saturated heterocycles. The first-order valence-corrected chi connectivity index (χ1v) is 12.2. The summed E-state index contributed by atoms with van der Waals surface area (Å²) in [4.78, 5) is 13.9. The third-order valence-electron chi connectivity index (χ3n) is 5.89. The van der Waals surface area contributed by atoms with Crippen molar-refractivity contribution in [3.05, 3.63) is 136 Å². The van der Waals surface area contributed by atoms with E-state index >= 15 is 0 Å². The van der Waals surface area contributed by atoms with E-state index < -0.39 is 0 Å². The van der Waals surface area contributed by atoms with E-state index in [0.29, 0.717) is 39.5 Å². The van der Waals surface area contributed by atoms with Crippen molar-refractivity contribution in [1.82, 2.24) is 4.98 Å². The van der Waals surface area contributed by atoms with Crippen LogP contribution in [0.15, 0.2) is 101 Å². The van der Waals surface area contributed by atoms with E-state index in [4.69, 9.17) is 9.47 Å². The average Bonchev–Trinajstić information content (AvgIpc) is 2.91. The van der Waals surface area contributed by atoms with E-state index in [1.54, 1.807) is 0 Å². The summed E-state index contributed by atoms with van der Waals surface area (Å²) >= 11 is 0. The monoisotopic (exact) mass is 475 g/mol. The Labute approximate surface area is 212 Å². The van der Waals surface area contributed by atoms with Gasteiger partial charge in [-0.25, -0.2) is 0 Å². The predicted molar refractivity (Wildman–Crippen MR) is 143 cm³/mol. The van der Waals surface area contributed by atoms with Gasteiger partial charge in [0.15, 0.2) is 0 Å². The molecule has 0 atom stereocenters. The summed E-state index contributed by atoms with van der Waals surface area (Å²) in [6.07, 6.45) is 3.83. The Morgan fingerprint density at radius 1 is 0.472 bits per heavy atom. The van der Waals surface area contributed by atoms with Gasteiger partial charge in [-0.1, -0.05) is 72.8 Å². The molecule has 0 unspecified atom stereocenters. The molecule has 5 nitrogen and oxygen atoms in total. The molecule has 1 aromatic heterocycles. The van der Waals surface area contributed by atoms with Crippen LogP contribution < -0.4 is 0 Å². The third-order valence-corrected chi connectivity index (χ3v) is 5.89. The zero-order valence-corrected chi connectivity index (χ0v) is 20.2. The van der Waals surface area contributed by atoms with E-state index in [1.807, 2.05) is 36.7 Å². The molecule has 8 bridgehead atoms. The smallest absolute Gasteiger partial charge is 0.0892 e. The lowest BCUT2D eigenvalue weighted by molar-refractivity contribution is 0.0980. The van der Waals surface area contributed by atoms with E-state index in [0.717, 1.165) is 44.8 Å². The molecule has 4 aliphatic heterocycles. The highest BCUT2D eigenvalue weighted by atomic mass is 16.5. The molecule has 5 heteroatoms. The highest BCUT2D eigenvalue weighted by Crippen LogP contribution is 2.12.